The number of amides is 2. The van der Waals surface area contributed by atoms with Gasteiger partial charge in [-0.3, -0.25) is 19.3 Å². The third-order valence-corrected chi connectivity index (χ3v) is 4.56. The van der Waals surface area contributed by atoms with E-state index >= 15 is 0 Å². The fourth-order valence-electron chi connectivity index (χ4n) is 2.93. The Hall–Kier alpha value is -3.57. The van der Waals surface area contributed by atoms with E-state index in [4.69, 9.17) is 26.3 Å². The van der Waals surface area contributed by atoms with Gasteiger partial charge in [-0.25, -0.2) is 0 Å². The Labute approximate surface area is 178 Å². The molecule has 8 nitrogen and oxygen atoms in total. The van der Waals surface area contributed by atoms with Gasteiger partial charge in [-0.05, 0) is 30.3 Å². The van der Waals surface area contributed by atoms with Crippen LogP contribution in [0.4, 0.5) is 11.4 Å². The molecule has 0 fully saturated rings. The van der Waals surface area contributed by atoms with Gasteiger partial charge < -0.3 is 14.4 Å². The second-order valence-corrected chi connectivity index (χ2v) is 6.77. The number of benzene rings is 2. The van der Waals surface area contributed by atoms with Crippen molar-refractivity contribution in [2.45, 2.75) is 6.42 Å². The third-order valence-electron chi connectivity index (χ3n) is 4.32. The number of fused-ring (bicyclic) bond motifs is 1. The van der Waals surface area contributed by atoms with Gasteiger partial charge in [0.25, 0.3) is 11.8 Å². The minimum Gasteiger partial charge on any atom is -0.482 e. The average molecular weight is 428 g/mol. The Kier molecular flexibility index (Phi) is 6.88. The van der Waals surface area contributed by atoms with E-state index in [1.807, 2.05) is 6.07 Å². The van der Waals surface area contributed by atoms with Gasteiger partial charge in [-0.1, -0.05) is 29.8 Å². The van der Waals surface area contributed by atoms with Crippen molar-refractivity contribution in [1.29, 1.82) is 5.26 Å². The van der Waals surface area contributed by atoms with Gasteiger partial charge >= 0.3 is 5.97 Å². The molecule has 9 heteroatoms. The fourth-order valence-corrected chi connectivity index (χ4v) is 3.11. The lowest BCUT2D eigenvalue weighted by Gasteiger charge is -2.28. The molecule has 0 N–H and O–H groups in total. The summed E-state index contributed by atoms with van der Waals surface area (Å²) in [4.78, 5) is 39.7. The van der Waals surface area contributed by atoms with Crippen LogP contribution in [0, 0.1) is 11.3 Å². The molecular formula is C21H18ClN3O5. The zero-order chi connectivity index (χ0) is 21.5. The van der Waals surface area contributed by atoms with E-state index in [1.54, 1.807) is 48.5 Å². The first kappa shape index (κ1) is 21.1. The summed E-state index contributed by atoms with van der Waals surface area (Å²) in [5, 5.41) is 9.29. The maximum atomic E-state index is 12.6. The molecular weight excluding hydrogens is 410 g/mol. The highest BCUT2D eigenvalue weighted by atomic mass is 35.5. The molecule has 1 heterocycles. The normalized spacial score (nSPS) is 12.4. The molecule has 0 aromatic heterocycles. The van der Waals surface area contributed by atoms with Gasteiger partial charge in [-0.2, -0.15) is 5.26 Å². The van der Waals surface area contributed by atoms with Gasteiger partial charge in [0, 0.05) is 17.3 Å². The molecule has 2 aromatic carbocycles. The quantitative estimate of drug-likeness (QED) is 0.629. The molecule has 3 rings (SSSR count). The summed E-state index contributed by atoms with van der Waals surface area (Å²) < 4.78 is 10.4. The number of ether oxygens (including phenoxy) is 2. The first-order chi connectivity index (χ1) is 14.5. The lowest BCUT2D eigenvalue weighted by molar-refractivity contribution is -0.147. The van der Waals surface area contributed by atoms with Crippen LogP contribution in [-0.4, -0.2) is 44.1 Å². The molecule has 0 aliphatic carbocycles. The van der Waals surface area contributed by atoms with Gasteiger partial charge in [-0.15, -0.1) is 0 Å². The second kappa shape index (κ2) is 9.76. The van der Waals surface area contributed by atoms with Crippen LogP contribution in [0.3, 0.4) is 0 Å². The molecule has 0 atom stereocenters. The van der Waals surface area contributed by atoms with Crippen molar-refractivity contribution < 1.29 is 23.9 Å². The summed E-state index contributed by atoms with van der Waals surface area (Å²) in [7, 11) is 0. The predicted octanol–water partition coefficient (Wildman–Crippen LogP) is 2.56. The molecule has 0 bridgehead atoms. The minimum atomic E-state index is -0.736. The highest BCUT2D eigenvalue weighted by Gasteiger charge is 2.28. The molecule has 154 valence electrons. The summed E-state index contributed by atoms with van der Waals surface area (Å²) in [6.45, 7) is -0.929. The summed E-state index contributed by atoms with van der Waals surface area (Å²) in [6.07, 6.45) is 0.102. The maximum Gasteiger partial charge on any atom is 0.326 e. The van der Waals surface area contributed by atoms with Crippen LogP contribution in [0.5, 0.6) is 5.75 Å². The molecule has 0 spiro atoms. The van der Waals surface area contributed by atoms with Crippen LogP contribution in [0.2, 0.25) is 5.02 Å². The van der Waals surface area contributed by atoms with E-state index < -0.39 is 18.5 Å². The van der Waals surface area contributed by atoms with Crippen LogP contribution in [0.25, 0.3) is 0 Å². The first-order valence-corrected chi connectivity index (χ1v) is 9.48. The number of carbonyl (C=O) groups excluding carboxylic acids is 3. The van der Waals surface area contributed by atoms with Crippen molar-refractivity contribution in [3.8, 4) is 11.8 Å². The fraction of sp³-hybridized carbons (Fsp3) is 0.238. The van der Waals surface area contributed by atoms with Gasteiger partial charge in [0.1, 0.15) is 12.3 Å². The molecule has 0 radical (unpaired) electrons. The zero-order valence-corrected chi connectivity index (χ0v) is 16.7. The third kappa shape index (κ3) is 5.07. The van der Waals surface area contributed by atoms with Crippen LogP contribution >= 0.6 is 11.6 Å². The van der Waals surface area contributed by atoms with Crippen molar-refractivity contribution in [1.82, 2.24) is 0 Å². The molecule has 1 aliphatic heterocycles. The first-order valence-electron chi connectivity index (χ1n) is 9.10. The van der Waals surface area contributed by atoms with Crippen LogP contribution in [0.1, 0.15) is 6.42 Å². The Morgan fingerprint density at radius 1 is 1.23 bits per heavy atom. The molecule has 1 aliphatic rings. The number of para-hydroxylation sites is 2. The molecule has 2 amide bonds. The number of hydrogen-bond acceptors (Lipinski definition) is 6. The number of halogens is 1. The number of rotatable bonds is 7. The lowest BCUT2D eigenvalue weighted by Crippen LogP contribution is -2.43. The summed E-state index contributed by atoms with van der Waals surface area (Å²) >= 11 is 5.98. The monoisotopic (exact) mass is 427 g/mol. The highest BCUT2D eigenvalue weighted by molar-refractivity contribution is 6.30. The van der Waals surface area contributed by atoms with E-state index in [0.29, 0.717) is 22.1 Å². The number of hydrogen-bond donors (Lipinski definition) is 0. The largest absolute Gasteiger partial charge is 0.482 e. The average Bonchev–Trinajstić information content (AvgIpc) is 2.74. The topological polar surface area (TPSA) is 99.9 Å². The van der Waals surface area contributed by atoms with Crippen molar-refractivity contribution in [2.75, 3.05) is 36.1 Å². The van der Waals surface area contributed by atoms with Crippen LogP contribution in [0.15, 0.2) is 48.5 Å². The number of anilines is 2. The smallest absolute Gasteiger partial charge is 0.326 e. The summed E-state index contributed by atoms with van der Waals surface area (Å²) in [6, 6.07) is 15.4. The molecule has 0 saturated carbocycles. The SMILES string of the molecule is N#CCCN(C(=O)COC(=O)CN1C(=O)COc2ccccc21)c1cccc(Cl)c1. The summed E-state index contributed by atoms with van der Waals surface area (Å²) in [5.41, 5.74) is 0.961. The van der Waals surface area contributed by atoms with Gasteiger partial charge in [0.2, 0.25) is 0 Å². The number of nitriles is 1. The van der Waals surface area contributed by atoms with Crippen molar-refractivity contribution in [3.05, 3.63) is 53.6 Å². The minimum absolute atomic E-state index is 0.102. The lowest BCUT2D eigenvalue weighted by atomic mass is 10.2. The Morgan fingerprint density at radius 2 is 2.03 bits per heavy atom. The molecule has 0 saturated heterocycles. The zero-order valence-electron chi connectivity index (χ0n) is 15.9. The second-order valence-electron chi connectivity index (χ2n) is 6.33. The highest BCUT2D eigenvalue weighted by Crippen LogP contribution is 2.31. The predicted molar refractivity (Wildman–Crippen MR) is 109 cm³/mol. The standard InChI is InChI=1S/C21H18ClN3O5/c22-15-5-3-6-16(11-15)24(10-4-9-23)19(26)14-30-21(28)12-25-17-7-1-2-8-18(17)29-13-20(25)27/h1-3,5-8,11H,4,10,12-14H2. The van der Waals surface area contributed by atoms with E-state index in [9.17, 15) is 14.4 Å². The Bertz CT molecular complexity index is 1000. The summed E-state index contributed by atoms with van der Waals surface area (Å²) in [5.74, 6) is -1.13. The van der Waals surface area contributed by atoms with Crippen molar-refractivity contribution >= 4 is 40.8 Å². The Morgan fingerprint density at radius 3 is 2.80 bits per heavy atom. The van der Waals surface area contributed by atoms with E-state index in [2.05, 4.69) is 0 Å². The molecule has 0 unspecified atom stereocenters. The number of esters is 1. The van der Waals surface area contributed by atoms with Gasteiger partial charge in [0.05, 0.1) is 18.2 Å². The number of nitrogens with zero attached hydrogens (tertiary/aromatic N) is 3. The van der Waals surface area contributed by atoms with E-state index in [0.717, 1.165) is 0 Å². The maximum absolute atomic E-state index is 12.6. The molecule has 2 aromatic rings. The van der Waals surface area contributed by atoms with Gasteiger partial charge in [0.15, 0.2) is 13.2 Å². The van der Waals surface area contributed by atoms with Crippen molar-refractivity contribution in [3.63, 3.8) is 0 Å². The molecule has 30 heavy (non-hydrogen) atoms. The Balaban J connectivity index is 1.63. The van der Waals surface area contributed by atoms with E-state index in [-0.39, 0.29) is 32.0 Å². The number of carbonyl (C=O) groups is 3. The van der Waals surface area contributed by atoms with Crippen LogP contribution in [-0.2, 0) is 19.1 Å². The van der Waals surface area contributed by atoms with E-state index in [1.165, 1.54) is 9.80 Å². The van der Waals surface area contributed by atoms with Crippen molar-refractivity contribution in [2.24, 2.45) is 0 Å². The van der Waals surface area contributed by atoms with Crippen LogP contribution < -0.4 is 14.5 Å².